The van der Waals surface area contributed by atoms with Crippen LogP contribution in [0.5, 0.6) is 5.75 Å². The molecular formula is C14H22FNO2. The van der Waals surface area contributed by atoms with Crippen molar-refractivity contribution in [2.45, 2.75) is 32.7 Å². The molecule has 0 unspecified atom stereocenters. The monoisotopic (exact) mass is 255 g/mol. The number of nitrogens with one attached hydrogen (secondary N) is 1. The van der Waals surface area contributed by atoms with Gasteiger partial charge in [0.1, 0.15) is 11.6 Å². The number of benzene rings is 1. The molecule has 0 amide bonds. The number of hydrogen-bond donors (Lipinski definition) is 2. The second kappa shape index (κ2) is 8.89. The van der Waals surface area contributed by atoms with Crippen molar-refractivity contribution in [3.63, 3.8) is 0 Å². The zero-order chi connectivity index (χ0) is 13.2. The molecule has 0 spiro atoms. The lowest BCUT2D eigenvalue weighted by Gasteiger charge is -2.09. The molecule has 0 radical (unpaired) electrons. The quantitative estimate of drug-likeness (QED) is 0.666. The average Bonchev–Trinajstić information content (AvgIpc) is 2.34. The van der Waals surface area contributed by atoms with Crippen LogP contribution in [0.3, 0.4) is 0 Å². The first-order valence-corrected chi connectivity index (χ1v) is 6.50. The van der Waals surface area contributed by atoms with Crippen molar-refractivity contribution in [3.05, 3.63) is 29.6 Å². The van der Waals surface area contributed by atoms with Crippen LogP contribution < -0.4 is 10.1 Å². The number of aliphatic hydroxyl groups is 1. The van der Waals surface area contributed by atoms with Crippen molar-refractivity contribution in [2.75, 3.05) is 19.8 Å². The van der Waals surface area contributed by atoms with Gasteiger partial charge in [0.05, 0.1) is 6.61 Å². The summed E-state index contributed by atoms with van der Waals surface area (Å²) >= 11 is 0. The van der Waals surface area contributed by atoms with Crippen LogP contribution in [0, 0.1) is 5.82 Å². The molecule has 0 aromatic heterocycles. The number of rotatable bonds is 9. The van der Waals surface area contributed by atoms with Crippen molar-refractivity contribution in [1.82, 2.24) is 5.32 Å². The molecule has 1 aromatic carbocycles. The van der Waals surface area contributed by atoms with Gasteiger partial charge in [-0.05, 0) is 43.5 Å². The Morgan fingerprint density at radius 3 is 2.83 bits per heavy atom. The van der Waals surface area contributed by atoms with E-state index in [1.807, 2.05) is 6.07 Å². The van der Waals surface area contributed by atoms with Gasteiger partial charge in [-0.1, -0.05) is 6.92 Å². The number of halogens is 1. The number of unbranched alkanes of at least 4 members (excludes halogenated alkanes) is 1. The largest absolute Gasteiger partial charge is 0.493 e. The van der Waals surface area contributed by atoms with Gasteiger partial charge in [-0.15, -0.1) is 0 Å². The molecule has 0 aliphatic heterocycles. The van der Waals surface area contributed by atoms with Gasteiger partial charge < -0.3 is 15.2 Å². The van der Waals surface area contributed by atoms with E-state index in [0.29, 0.717) is 25.3 Å². The van der Waals surface area contributed by atoms with Crippen LogP contribution >= 0.6 is 0 Å². The highest BCUT2D eigenvalue weighted by molar-refractivity contribution is 5.29. The fourth-order valence-electron chi connectivity index (χ4n) is 1.62. The standard InChI is InChI=1S/C14H22FNO2/c1-2-5-16-11-12-8-13(15)10-14(9-12)18-7-4-3-6-17/h8-10,16-17H,2-7,11H2,1H3. The van der Waals surface area contributed by atoms with Gasteiger partial charge >= 0.3 is 0 Å². The third kappa shape index (κ3) is 5.98. The first kappa shape index (κ1) is 14.9. The van der Waals surface area contributed by atoms with Crippen LogP contribution in [-0.4, -0.2) is 24.9 Å². The molecule has 0 fully saturated rings. The summed E-state index contributed by atoms with van der Waals surface area (Å²) < 4.78 is 18.8. The molecule has 0 aliphatic rings. The van der Waals surface area contributed by atoms with E-state index < -0.39 is 0 Å². The zero-order valence-corrected chi connectivity index (χ0v) is 10.9. The molecule has 0 heterocycles. The molecule has 2 N–H and O–H groups in total. The van der Waals surface area contributed by atoms with E-state index in [1.54, 1.807) is 0 Å². The van der Waals surface area contributed by atoms with E-state index in [-0.39, 0.29) is 12.4 Å². The molecule has 3 nitrogen and oxygen atoms in total. The first-order chi connectivity index (χ1) is 8.76. The highest BCUT2D eigenvalue weighted by atomic mass is 19.1. The van der Waals surface area contributed by atoms with Gasteiger partial charge in [0.15, 0.2) is 0 Å². The van der Waals surface area contributed by atoms with E-state index in [4.69, 9.17) is 9.84 Å². The van der Waals surface area contributed by atoms with Gasteiger partial charge in [-0.3, -0.25) is 0 Å². The van der Waals surface area contributed by atoms with Gasteiger partial charge in [0.25, 0.3) is 0 Å². The van der Waals surface area contributed by atoms with Crippen LogP contribution in [0.15, 0.2) is 18.2 Å². The lowest BCUT2D eigenvalue weighted by atomic mass is 10.2. The maximum atomic E-state index is 13.4. The van der Waals surface area contributed by atoms with Crippen LogP contribution in [0.2, 0.25) is 0 Å². The summed E-state index contributed by atoms with van der Waals surface area (Å²) in [5, 5.41) is 11.9. The minimum Gasteiger partial charge on any atom is -0.493 e. The molecule has 0 bridgehead atoms. The van der Waals surface area contributed by atoms with E-state index in [1.165, 1.54) is 12.1 Å². The summed E-state index contributed by atoms with van der Waals surface area (Å²) in [5.74, 6) is 0.282. The lowest BCUT2D eigenvalue weighted by Crippen LogP contribution is -2.14. The Morgan fingerprint density at radius 2 is 2.11 bits per heavy atom. The zero-order valence-electron chi connectivity index (χ0n) is 10.9. The summed E-state index contributed by atoms with van der Waals surface area (Å²) in [4.78, 5) is 0. The molecule has 1 rings (SSSR count). The summed E-state index contributed by atoms with van der Waals surface area (Å²) in [6.45, 7) is 4.33. The summed E-state index contributed by atoms with van der Waals surface area (Å²) in [6.07, 6.45) is 2.54. The van der Waals surface area contributed by atoms with Gasteiger partial charge in [0, 0.05) is 19.2 Å². The van der Waals surface area contributed by atoms with Gasteiger partial charge in [-0.25, -0.2) is 4.39 Å². The first-order valence-electron chi connectivity index (χ1n) is 6.50. The van der Waals surface area contributed by atoms with Crippen LogP contribution in [0.1, 0.15) is 31.7 Å². The SMILES string of the molecule is CCCNCc1cc(F)cc(OCCCCO)c1. The second-order valence-corrected chi connectivity index (χ2v) is 4.25. The van der Waals surface area contributed by atoms with Gasteiger partial charge in [0.2, 0.25) is 0 Å². The Labute approximate surface area is 108 Å². The molecule has 0 atom stereocenters. The number of hydrogen-bond acceptors (Lipinski definition) is 3. The topological polar surface area (TPSA) is 41.5 Å². The third-order valence-electron chi connectivity index (χ3n) is 2.51. The minimum atomic E-state index is -0.275. The summed E-state index contributed by atoms with van der Waals surface area (Å²) in [5.41, 5.74) is 0.889. The summed E-state index contributed by atoms with van der Waals surface area (Å²) in [6, 6.07) is 4.76. The lowest BCUT2D eigenvalue weighted by molar-refractivity contribution is 0.252. The van der Waals surface area contributed by atoms with Crippen molar-refractivity contribution in [2.24, 2.45) is 0 Å². The molecule has 18 heavy (non-hydrogen) atoms. The van der Waals surface area contributed by atoms with E-state index in [2.05, 4.69) is 12.2 Å². The maximum Gasteiger partial charge on any atom is 0.127 e. The number of ether oxygens (including phenoxy) is 1. The predicted molar refractivity (Wildman–Crippen MR) is 70.2 cm³/mol. The van der Waals surface area contributed by atoms with E-state index >= 15 is 0 Å². The Balaban J connectivity index is 2.46. The predicted octanol–water partition coefficient (Wildman–Crippen LogP) is 2.48. The van der Waals surface area contributed by atoms with Crippen molar-refractivity contribution in [1.29, 1.82) is 0 Å². The third-order valence-corrected chi connectivity index (χ3v) is 2.51. The molecule has 1 aromatic rings. The van der Waals surface area contributed by atoms with Crippen LogP contribution in [0.4, 0.5) is 4.39 Å². The maximum absolute atomic E-state index is 13.4. The highest BCUT2D eigenvalue weighted by Crippen LogP contribution is 2.16. The van der Waals surface area contributed by atoms with Crippen molar-refractivity contribution < 1.29 is 14.2 Å². The second-order valence-electron chi connectivity index (χ2n) is 4.25. The van der Waals surface area contributed by atoms with E-state index in [9.17, 15) is 4.39 Å². The molecule has 102 valence electrons. The molecule has 0 aliphatic carbocycles. The fraction of sp³-hybridized carbons (Fsp3) is 0.571. The minimum absolute atomic E-state index is 0.165. The van der Waals surface area contributed by atoms with E-state index in [0.717, 1.165) is 24.9 Å². The molecule has 4 heteroatoms. The van der Waals surface area contributed by atoms with Gasteiger partial charge in [-0.2, -0.15) is 0 Å². The Kier molecular flexibility index (Phi) is 7.37. The fourth-order valence-corrected chi connectivity index (χ4v) is 1.62. The Morgan fingerprint density at radius 1 is 1.28 bits per heavy atom. The van der Waals surface area contributed by atoms with Crippen molar-refractivity contribution in [3.8, 4) is 5.75 Å². The van der Waals surface area contributed by atoms with Crippen molar-refractivity contribution >= 4 is 0 Å². The summed E-state index contributed by atoms with van der Waals surface area (Å²) in [7, 11) is 0. The highest BCUT2D eigenvalue weighted by Gasteiger charge is 2.02. The smallest absolute Gasteiger partial charge is 0.127 e. The Hall–Kier alpha value is -1.13. The Bertz CT molecular complexity index is 345. The normalized spacial score (nSPS) is 10.6. The van der Waals surface area contributed by atoms with Crippen LogP contribution in [-0.2, 0) is 6.54 Å². The number of aliphatic hydroxyl groups excluding tert-OH is 1. The molecule has 0 saturated carbocycles. The molecule has 0 saturated heterocycles. The average molecular weight is 255 g/mol. The van der Waals surface area contributed by atoms with Crippen LogP contribution in [0.25, 0.3) is 0 Å². The molecular weight excluding hydrogens is 233 g/mol.